The second kappa shape index (κ2) is 7.77. The third-order valence-electron chi connectivity index (χ3n) is 4.49. The topological polar surface area (TPSA) is 83.9 Å². The number of fused-ring (bicyclic) bond motifs is 1. The molecule has 0 aliphatic rings. The fraction of sp³-hybridized carbons (Fsp3) is 0.200. The van der Waals surface area contributed by atoms with Gasteiger partial charge in [0.05, 0.1) is 11.9 Å². The van der Waals surface area contributed by atoms with Crippen molar-refractivity contribution in [2.24, 2.45) is 0 Å². The van der Waals surface area contributed by atoms with Gasteiger partial charge in [-0.2, -0.15) is 16.4 Å². The first-order valence-electron chi connectivity index (χ1n) is 8.89. The highest BCUT2D eigenvalue weighted by Crippen LogP contribution is 2.14. The van der Waals surface area contributed by atoms with Crippen LogP contribution in [0.3, 0.4) is 0 Å². The SMILES string of the molecule is CN(Cc1ccsc1)C(=O)CCc1nc2c(cnn2-c2ccccc2)c(=O)[nH]1. The molecule has 0 saturated heterocycles. The van der Waals surface area contributed by atoms with E-state index in [1.807, 2.05) is 47.2 Å². The van der Waals surface area contributed by atoms with E-state index in [0.29, 0.717) is 29.8 Å². The summed E-state index contributed by atoms with van der Waals surface area (Å²) in [5, 5.41) is 8.74. The predicted molar refractivity (Wildman–Crippen MR) is 109 cm³/mol. The lowest BCUT2D eigenvalue weighted by atomic mass is 10.2. The summed E-state index contributed by atoms with van der Waals surface area (Å²) in [5.74, 6) is 0.484. The highest BCUT2D eigenvalue weighted by Gasteiger charge is 2.14. The highest BCUT2D eigenvalue weighted by atomic mass is 32.1. The lowest BCUT2D eigenvalue weighted by Gasteiger charge is -2.16. The van der Waals surface area contributed by atoms with E-state index in [1.165, 1.54) is 6.20 Å². The van der Waals surface area contributed by atoms with Crippen molar-refractivity contribution in [3.63, 3.8) is 0 Å². The Morgan fingerprint density at radius 1 is 1.25 bits per heavy atom. The van der Waals surface area contributed by atoms with Gasteiger partial charge in [0.1, 0.15) is 11.2 Å². The number of para-hydroxylation sites is 1. The molecule has 0 unspecified atom stereocenters. The van der Waals surface area contributed by atoms with E-state index in [0.717, 1.165) is 11.3 Å². The number of carbonyl (C=O) groups is 1. The summed E-state index contributed by atoms with van der Waals surface area (Å²) in [6.07, 6.45) is 2.14. The molecule has 0 bridgehead atoms. The average Bonchev–Trinajstić information content (AvgIpc) is 3.36. The number of nitrogens with one attached hydrogen (secondary N) is 1. The Kier molecular flexibility index (Phi) is 5.03. The van der Waals surface area contributed by atoms with E-state index in [-0.39, 0.29) is 17.9 Å². The predicted octanol–water partition coefficient (Wildman–Crippen LogP) is 2.76. The third-order valence-corrected chi connectivity index (χ3v) is 5.22. The lowest BCUT2D eigenvalue weighted by Crippen LogP contribution is -2.26. The first kappa shape index (κ1) is 18.1. The van der Waals surface area contributed by atoms with Crippen molar-refractivity contribution in [1.29, 1.82) is 0 Å². The van der Waals surface area contributed by atoms with Gasteiger partial charge >= 0.3 is 0 Å². The van der Waals surface area contributed by atoms with E-state index < -0.39 is 0 Å². The Labute approximate surface area is 165 Å². The van der Waals surface area contributed by atoms with Crippen LogP contribution in [0.5, 0.6) is 0 Å². The van der Waals surface area contributed by atoms with Crippen LogP contribution < -0.4 is 5.56 Å². The number of H-pyrrole nitrogens is 1. The molecular formula is C20H19N5O2S. The Hall–Kier alpha value is -3.26. The molecule has 28 heavy (non-hydrogen) atoms. The number of nitrogens with zero attached hydrogens (tertiary/aromatic N) is 4. The van der Waals surface area contributed by atoms with Crippen LogP contribution in [0.15, 0.2) is 58.1 Å². The standard InChI is InChI=1S/C20H19N5O2S/c1-24(12-14-9-10-28-13-14)18(26)8-7-17-22-19-16(20(27)23-17)11-21-25(19)15-5-3-2-4-6-15/h2-6,9-11,13H,7-8,12H2,1H3,(H,22,23,27). The second-order valence-corrected chi connectivity index (χ2v) is 7.30. The number of amides is 1. The number of benzene rings is 1. The Balaban J connectivity index is 1.53. The van der Waals surface area contributed by atoms with Crippen molar-refractivity contribution in [2.75, 3.05) is 7.05 Å². The second-order valence-electron chi connectivity index (χ2n) is 6.52. The van der Waals surface area contributed by atoms with E-state index in [2.05, 4.69) is 15.1 Å². The smallest absolute Gasteiger partial charge is 0.262 e. The summed E-state index contributed by atoms with van der Waals surface area (Å²) in [6.45, 7) is 0.575. The molecule has 0 aliphatic heterocycles. The molecule has 0 fully saturated rings. The van der Waals surface area contributed by atoms with Gasteiger partial charge in [0.25, 0.3) is 5.56 Å². The van der Waals surface area contributed by atoms with Crippen molar-refractivity contribution < 1.29 is 4.79 Å². The number of aromatic amines is 1. The van der Waals surface area contributed by atoms with E-state index in [4.69, 9.17) is 0 Å². The molecular weight excluding hydrogens is 374 g/mol. The maximum Gasteiger partial charge on any atom is 0.262 e. The number of thiophene rings is 1. The van der Waals surface area contributed by atoms with Crippen molar-refractivity contribution in [3.05, 3.63) is 75.1 Å². The van der Waals surface area contributed by atoms with Gasteiger partial charge in [-0.1, -0.05) is 18.2 Å². The summed E-state index contributed by atoms with van der Waals surface area (Å²) >= 11 is 1.61. The first-order chi connectivity index (χ1) is 13.6. The monoisotopic (exact) mass is 393 g/mol. The van der Waals surface area contributed by atoms with Crippen molar-refractivity contribution in [3.8, 4) is 5.69 Å². The minimum Gasteiger partial charge on any atom is -0.341 e. The highest BCUT2D eigenvalue weighted by molar-refractivity contribution is 7.07. The maximum atomic E-state index is 12.4. The van der Waals surface area contributed by atoms with E-state index >= 15 is 0 Å². The van der Waals surface area contributed by atoms with Crippen molar-refractivity contribution in [1.82, 2.24) is 24.6 Å². The molecule has 0 aliphatic carbocycles. The zero-order valence-electron chi connectivity index (χ0n) is 15.3. The number of hydrogen-bond acceptors (Lipinski definition) is 5. The summed E-state index contributed by atoms with van der Waals surface area (Å²) in [5.41, 5.74) is 2.18. The van der Waals surface area contributed by atoms with Gasteiger partial charge in [-0.3, -0.25) is 9.59 Å². The van der Waals surface area contributed by atoms with Crippen LogP contribution in [0.1, 0.15) is 17.8 Å². The third kappa shape index (κ3) is 3.72. The maximum absolute atomic E-state index is 12.4. The lowest BCUT2D eigenvalue weighted by molar-refractivity contribution is -0.130. The zero-order chi connectivity index (χ0) is 19.5. The van der Waals surface area contributed by atoms with Gasteiger partial charge in [0.15, 0.2) is 5.65 Å². The normalized spacial score (nSPS) is 11.0. The number of hydrogen-bond donors (Lipinski definition) is 1. The largest absolute Gasteiger partial charge is 0.341 e. The van der Waals surface area contributed by atoms with Crippen molar-refractivity contribution >= 4 is 28.3 Å². The van der Waals surface area contributed by atoms with Crippen LogP contribution in [0.4, 0.5) is 0 Å². The molecule has 0 atom stereocenters. The molecule has 4 rings (SSSR count). The van der Waals surface area contributed by atoms with Crippen LogP contribution in [0.2, 0.25) is 0 Å². The molecule has 1 aromatic carbocycles. The van der Waals surface area contributed by atoms with E-state index in [1.54, 1.807) is 28.0 Å². The fourth-order valence-corrected chi connectivity index (χ4v) is 3.66. The molecule has 4 aromatic rings. The molecule has 3 heterocycles. The number of carbonyl (C=O) groups excluding carboxylic acids is 1. The van der Waals surface area contributed by atoms with Crippen LogP contribution in [0, 0.1) is 0 Å². The molecule has 1 N–H and O–H groups in total. The van der Waals surface area contributed by atoms with E-state index in [9.17, 15) is 9.59 Å². The molecule has 3 aromatic heterocycles. The fourth-order valence-electron chi connectivity index (χ4n) is 3.00. The van der Waals surface area contributed by atoms with Crippen LogP contribution in [-0.2, 0) is 17.8 Å². The average molecular weight is 393 g/mol. The van der Waals surface area contributed by atoms with Crippen LogP contribution in [-0.4, -0.2) is 37.6 Å². The van der Waals surface area contributed by atoms with Gasteiger partial charge in [0.2, 0.25) is 5.91 Å². The van der Waals surface area contributed by atoms with Crippen LogP contribution >= 0.6 is 11.3 Å². The minimum atomic E-state index is -0.249. The Bertz CT molecular complexity index is 1150. The quantitative estimate of drug-likeness (QED) is 0.546. The molecule has 1 amide bonds. The summed E-state index contributed by atoms with van der Waals surface area (Å²) < 4.78 is 1.64. The Morgan fingerprint density at radius 2 is 2.07 bits per heavy atom. The van der Waals surface area contributed by atoms with Gasteiger partial charge < -0.3 is 9.88 Å². The van der Waals surface area contributed by atoms with Gasteiger partial charge in [-0.15, -0.1) is 0 Å². The molecule has 0 spiro atoms. The molecule has 0 radical (unpaired) electrons. The molecule has 142 valence electrons. The summed E-state index contributed by atoms with van der Waals surface area (Å²) in [6, 6.07) is 11.5. The van der Waals surface area contributed by atoms with Gasteiger partial charge in [0, 0.05) is 26.4 Å². The minimum absolute atomic E-state index is 0.00510. The number of aryl methyl sites for hydroxylation is 1. The van der Waals surface area contributed by atoms with Gasteiger partial charge in [-0.05, 0) is 34.5 Å². The van der Waals surface area contributed by atoms with Crippen LogP contribution in [0.25, 0.3) is 16.7 Å². The first-order valence-corrected chi connectivity index (χ1v) is 9.83. The van der Waals surface area contributed by atoms with Crippen molar-refractivity contribution in [2.45, 2.75) is 19.4 Å². The Morgan fingerprint density at radius 3 is 2.82 bits per heavy atom. The molecule has 8 heteroatoms. The number of aromatic nitrogens is 4. The summed E-state index contributed by atoms with van der Waals surface area (Å²) in [4.78, 5) is 33.8. The molecule has 0 saturated carbocycles. The molecule has 7 nitrogen and oxygen atoms in total. The zero-order valence-corrected chi connectivity index (χ0v) is 16.1. The summed E-state index contributed by atoms with van der Waals surface area (Å²) in [7, 11) is 1.78. The van der Waals surface area contributed by atoms with Gasteiger partial charge in [-0.25, -0.2) is 9.67 Å². The number of rotatable bonds is 6.